The smallest absolute Gasteiger partial charge is 0.257 e. The quantitative estimate of drug-likeness (QED) is 0.646. The van der Waals surface area contributed by atoms with Crippen LogP contribution in [0.15, 0.2) is 50.9 Å². The molecule has 7 nitrogen and oxygen atoms in total. The van der Waals surface area contributed by atoms with E-state index in [1.807, 2.05) is 0 Å². The summed E-state index contributed by atoms with van der Waals surface area (Å²) in [7, 11) is -3.76. The number of nitrogens with two attached hydrogens (primary N) is 1. The van der Waals surface area contributed by atoms with Crippen molar-refractivity contribution in [2.24, 2.45) is 5.14 Å². The lowest BCUT2D eigenvalue weighted by atomic mass is 10.2. The fraction of sp³-hybridized carbons (Fsp3) is 0.176. The summed E-state index contributed by atoms with van der Waals surface area (Å²) in [5.41, 5.74) is 2.74. The average molecular weight is 424 g/mol. The summed E-state index contributed by atoms with van der Waals surface area (Å²) in [6.07, 6.45) is 0.580. The lowest BCUT2D eigenvalue weighted by Gasteiger charge is -2.16. The largest absolute Gasteiger partial charge is 0.431 e. The highest BCUT2D eigenvalue weighted by molar-refractivity contribution is 7.99. The second-order valence-electron chi connectivity index (χ2n) is 6.01. The first-order valence-electron chi connectivity index (χ1n) is 7.96. The van der Waals surface area contributed by atoms with Crippen LogP contribution in [0, 0.1) is 0 Å². The maximum atomic E-state index is 12.6. The number of rotatable bonds is 4. The van der Waals surface area contributed by atoms with Crippen molar-refractivity contribution in [1.82, 2.24) is 4.98 Å². The summed E-state index contributed by atoms with van der Waals surface area (Å²) in [4.78, 5) is 18.6. The van der Waals surface area contributed by atoms with Crippen molar-refractivity contribution in [2.75, 3.05) is 17.2 Å². The first-order valence-corrected chi connectivity index (χ1v) is 10.9. The Kier molecular flexibility index (Phi) is 4.63. The molecule has 2 aromatic carbocycles. The lowest BCUT2D eigenvalue weighted by molar-refractivity contribution is -0.116. The molecule has 140 valence electrons. The predicted octanol–water partition coefficient (Wildman–Crippen LogP) is 2.81. The van der Waals surface area contributed by atoms with Gasteiger partial charge in [-0.1, -0.05) is 23.4 Å². The topological polar surface area (TPSA) is 106 Å². The van der Waals surface area contributed by atoms with Crippen molar-refractivity contribution in [3.8, 4) is 0 Å². The summed E-state index contributed by atoms with van der Waals surface area (Å²) in [5.74, 6) is 0.0408. The van der Waals surface area contributed by atoms with Gasteiger partial charge in [0.05, 0.1) is 10.6 Å². The molecule has 1 amide bonds. The fourth-order valence-electron chi connectivity index (χ4n) is 2.95. The van der Waals surface area contributed by atoms with E-state index < -0.39 is 10.0 Å². The number of hydrogen-bond donors (Lipinski definition) is 1. The molecule has 0 unspecified atom stereocenters. The number of halogens is 1. The molecule has 0 radical (unpaired) electrons. The molecule has 27 heavy (non-hydrogen) atoms. The summed E-state index contributed by atoms with van der Waals surface area (Å²) < 4.78 is 28.5. The Hall–Kier alpha value is -2.07. The monoisotopic (exact) mass is 423 g/mol. The van der Waals surface area contributed by atoms with Crippen LogP contribution in [0.5, 0.6) is 0 Å². The van der Waals surface area contributed by atoms with E-state index in [1.54, 1.807) is 29.2 Å². The van der Waals surface area contributed by atoms with Crippen LogP contribution in [-0.2, 0) is 21.2 Å². The number of amides is 1. The van der Waals surface area contributed by atoms with Gasteiger partial charge < -0.3 is 9.32 Å². The minimum atomic E-state index is -3.76. The van der Waals surface area contributed by atoms with E-state index in [9.17, 15) is 13.2 Å². The van der Waals surface area contributed by atoms with Crippen LogP contribution < -0.4 is 10.0 Å². The third-order valence-electron chi connectivity index (χ3n) is 4.23. The minimum Gasteiger partial charge on any atom is -0.431 e. The molecule has 0 saturated heterocycles. The number of primary sulfonamides is 1. The number of sulfonamides is 1. The molecule has 3 aromatic rings. The molecule has 0 fully saturated rings. The van der Waals surface area contributed by atoms with E-state index in [0.29, 0.717) is 40.0 Å². The number of nitrogens with zero attached hydrogens (tertiary/aromatic N) is 2. The van der Waals surface area contributed by atoms with E-state index in [2.05, 4.69) is 4.98 Å². The van der Waals surface area contributed by atoms with E-state index in [1.165, 1.54) is 23.9 Å². The molecule has 10 heteroatoms. The lowest BCUT2D eigenvalue weighted by Crippen LogP contribution is -2.30. The van der Waals surface area contributed by atoms with E-state index in [0.717, 1.165) is 5.56 Å². The Morgan fingerprint density at radius 2 is 2.11 bits per heavy atom. The van der Waals surface area contributed by atoms with Crippen molar-refractivity contribution < 1.29 is 17.6 Å². The molecule has 1 aliphatic rings. The van der Waals surface area contributed by atoms with Crippen molar-refractivity contribution in [3.05, 3.63) is 47.0 Å². The van der Waals surface area contributed by atoms with Crippen molar-refractivity contribution in [3.63, 3.8) is 0 Å². The summed E-state index contributed by atoms with van der Waals surface area (Å²) in [6.45, 7) is 0.492. The van der Waals surface area contributed by atoms with Crippen LogP contribution in [-0.4, -0.2) is 31.6 Å². The predicted molar refractivity (Wildman–Crippen MR) is 104 cm³/mol. The zero-order valence-electron chi connectivity index (χ0n) is 13.9. The molecule has 1 aromatic heterocycles. The van der Waals surface area contributed by atoms with Gasteiger partial charge in [-0.05, 0) is 42.3 Å². The second-order valence-corrected chi connectivity index (χ2v) is 8.94. The van der Waals surface area contributed by atoms with Crippen molar-refractivity contribution >= 4 is 56.1 Å². The number of anilines is 1. The number of thioether (sulfide) groups is 1. The zero-order chi connectivity index (χ0) is 19.2. The van der Waals surface area contributed by atoms with Gasteiger partial charge in [-0.3, -0.25) is 4.79 Å². The third kappa shape index (κ3) is 3.68. The highest BCUT2D eigenvalue weighted by atomic mass is 35.5. The van der Waals surface area contributed by atoms with Gasteiger partial charge >= 0.3 is 0 Å². The Morgan fingerprint density at radius 3 is 2.89 bits per heavy atom. The molecule has 4 rings (SSSR count). The van der Waals surface area contributed by atoms with Crippen LogP contribution in [0.4, 0.5) is 5.69 Å². The SMILES string of the molecule is NS(=O)(=O)c1ccc2c(c1)CCN2C(=O)CSc1nc2ccc(Cl)cc2o1. The molecule has 0 aliphatic carbocycles. The molecule has 0 spiro atoms. The van der Waals surface area contributed by atoms with Crippen molar-refractivity contribution in [2.45, 2.75) is 16.5 Å². The number of aromatic nitrogens is 1. The zero-order valence-corrected chi connectivity index (χ0v) is 16.3. The van der Waals surface area contributed by atoms with Gasteiger partial charge in [-0.15, -0.1) is 0 Å². The average Bonchev–Trinajstić information content (AvgIpc) is 3.21. The Balaban J connectivity index is 1.48. The molecule has 0 bridgehead atoms. The number of carbonyl (C=O) groups excluding carboxylic acids is 1. The molecule has 0 saturated carbocycles. The van der Waals surface area contributed by atoms with Gasteiger partial charge in [0.1, 0.15) is 5.52 Å². The van der Waals surface area contributed by atoms with Gasteiger partial charge in [0.2, 0.25) is 15.9 Å². The summed E-state index contributed by atoms with van der Waals surface area (Å²) in [6, 6.07) is 9.71. The van der Waals surface area contributed by atoms with Crippen LogP contribution in [0.2, 0.25) is 5.02 Å². The van der Waals surface area contributed by atoms with Gasteiger partial charge in [0.15, 0.2) is 5.58 Å². The number of carbonyl (C=O) groups is 1. The van der Waals surface area contributed by atoms with Crippen LogP contribution in [0.1, 0.15) is 5.56 Å². The molecular formula is C17H14ClN3O4S2. The third-order valence-corrected chi connectivity index (χ3v) is 6.19. The maximum Gasteiger partial charge on any atom is 0.257 e. The Bertz CT molecular complexity index is 1160. The number of hydrogen-bond acceptors (Lipinski definition) is 6. The fourth-order valence-corrected chi connectivity index (χ4v) is 4.40. The first-order chi connectivity index (χ1) is 12.8. The van der Waals surface area contributed by atoms with E-state index >= 15 is 0 Å². The van der Waals surface area contributed by atoms with Gasteiger partial charge in [0.25, 0.3) is 5.22 Å². The normalized spacial score (nSPS) is 13.9. The second kappa shape index (κ2) is 6.83. The minimum absolute atomic E-state index is 0.0510. The standard InChI is InChI=1S/C17H14ClN3O4S2/c18-11-1-3-13-15(8-11)25-17(20-13)26-9-16(22)21-6-5-10-7-12(27(19,23)24)2-4-14(10)21/h1-4,7-8H,5-6,9H2,(H2,19,23,24). The van der Waals surface area contributed by atoms with Gasteiger partial charge in [-0.2, -0.15) is 0 Å². The maximum absolute atomic E-state index is 12.6. The molecule has 0 atom stereocenters. The Labute approximate surface area is 164 Å². The van der Waals surface area contributed by atoms with Crippen molar-refractivity contribution in [1.29, 1.82) is 0 Å². The van der Waals surface area contributed by atoms with Crippen LogP contribution in [0.25, 0.3) is 11.1 Å². The van der Waals surface area contributed by atoms with E-state index in [-0.39, 0.29) is 16.6 Å². The molecule has 2 heterocycles. The molecular weight excluding hydrogens is 410 g/mol. The number of benzene rings is 2. The highest BCUT2D eigenvalue weighted by Crippen LogP contribution is 2.31. The molecule has 1 aliphatic heterocycles. The first kappa shape index (κ1) is 18.3. The highest BCUT2D eigenvalue weighted by Gasteiger charge is 2.26. The number of fused-ring (bicyclic) bond motifs is 2. The molecule has 2 N–H and O–H groups in total. The van der Waals surface area contributed by atoms with Gasteiger partial charge in [-0.25, -0.2) is 18.5 Å². The van der Waals surface area contributed by atoms with E-state index in [4.69, 9.17) is 21.2 Å². The Morgan fingerprint density at radius 1 is 1.30 bits per heavy atom. The van der Waals surface area contributed by atoms with Crippen LogP contribution >= 0.6 is 23.4 Å². The summed E-state index contributed by atoms with van der Waals surface area (Å²) >= 11 is 7.13. The van der Waals surface area contributed by atoms with Gasteiger partial charge in [0, 0.05) is 23.3 Å². The number of oxazole rings is 1. The van der Waals surface area contributed by atoms with Crippen LogP contribution in [0.3, 0.4) is 0 Å². The summed E-state index contributed by atoms with van der Waals surface area (Å²) in [5, 5.41) is 6.11.